The zero-order chi connectivity index (χ0) is 11.8. The summed E-state index contributed by atoms with van der Waals surface area (Å²) in [6.07, 6.45) is 0. The van der Waals surface area contributed by atoms with Gasteiger partial charge in [-0.05, 0) is 36.4 Å². The van der Waals surface area contributed by atoms with Gasteiger partial charge in [-0.25, -0.2) is 13.1 Å². The topological polar surface area (TPSA) is 46.2 Å². The average molecular weight is 235 g/mol. The Kier molecular flexibility index (Phi) is 2.69. The number of nitrogens with one attached hydrogen (secondary N) is 1. The molecule has 0 atom stereocenters. The largest absolute Gasteiger partial charge is 0.240 e. The lowest BCUT2D eigenvalue weighted by molar-refractivity contribution is 0.588. The van der Waals surface area contributed by atoms with Crippen LogP contribution in [0, 0.1) is 6.92 Å². The molecule has 2 aromatic carbocycles. The first kappa shape index (κ1) is 11.1. The summed E-state index contributed by atoms with van der Waals surface area (Å²) < 4.78 is 25.8. The molecule has 0 saturated carbocycles. The molecule has 16 heavy (non-hydrogen) atoms. The molecule has 2 rings (SSSR count). The van der Waals surface area contributed by atoms with E-state index in [1.54, 1.807) is 13.0 Å². The zero-order valence-corrected chi connectivity index (χ0v) is 10.0. The lowest BCUT2D eigenvalue weighted by Gasteiger charge is -2.08. The molecule has 84 valence electrons. The van der Waals surface area contributed by atoms with Crippen molar-refractivity contribution in [3.05, 3.63) is 42.0 Å². The van der Waals surface area contributed by atoms with Crippen LogP contribution in [0.1, 0.15) is 5.56 Å². The Morgan fingerprint density at radius 1 is 1.06 bits per heavy atom. The van der Waals surface area contributed by atoms with E-state index in [2.05, 4.69) is 4.72 Å². The fraction of sp³-hybridized carbons (Fsp3) is 0.167. The number of sulfonamides is 1. The van der Waals surface area contributed by atoms with Crippen LogP contribution in [0.3, 0.4) is 0 Å². The van der Waals surface area contributed by atoms with Gasteiger partial charge >= 0.3 is 0 Å². The van der Waals surface area contributed by atoms with Crippen molar-refractivity contribution < 1.29 is 8.42 Å². The fourth-order valence-electron chi connectivity index (χ4n) is 1.73. The predicted octanol–water partition coefficient (Wildman–Crippen LogP) is 2.06. The summed E-state index contributed by atoms with van der Waals surface area (Å²) in [7, 11) is -1.95. The van der Waals surface area contributed by atoms with E-state index in [0.29, 0.717) is 4.90 Å². The summed E-state index contributed by atoms with van der Waals surface area (Å²) in [6, 6.07) is 11.3. The minimum atomic E-state index is -3.37. The average Bonchev–Trinajstić information content (AvgIpc) is 2.28. The van der Waals surface area contributed by atoms with E-state index >= 15 is 0 Å². The van der Waals surface area contributed by atoms with Crippen LogP contribution >= 0.6 is 0 Å². The molecule has 0 bridgehead atoms. The monoisotopic (exact) mass is 235 g/mol. The van der Waals surface area contributed by atoms with Crippen LogP contribution in [-0.4, -0.2) is 15.5 Å². The molecule has 4 heteroatoms. The minimum Gasteiger partial charge on any atom is -0.214 e. The molecule has 0 fully saturated rings. The molecular weight excluding hydrogens is 222 g/mol. The number of rotatable bonds is 2. The van der Waals surface area contributed by atoms with Crippen molar-refractivity contribution in [1.82, 2.24) is 4.72 Å². The first-order valence-corrected chi connectivity index (χ1v) is 6.46. The van der Waals surface area contributed by atoms with Gasteiger partial charge in [-0.15, -0.1) is 0 Å². The molecule has 1 N–H and O–H groups in total. The third-order valence-corrected chi connectivity index (χ3v) is 4.16. The summed E-state index contributed by atoms with van der Waals surface area (Å²) in [5, 5.41) is 1.98. The van der Waals surface area contributed by atoms with E-state index in [0.717, 1.165) is 16.3 Å². The molecule has 0 aromatic heterocycles. The second-order valence-electron chi connectivity index (χ2n) is 3.67. The molecule has 0 unspecified atom stereocenters. The molecule has 0 aliphatic rings. The van der Waals surface area contributed by atoms with Crippen molar-refractivity contribution in [3.63, 3.8) is 0 Å². The van der Waals surface area contributed by atoms with Gasteiger partial charge in [0.15, 0.2) is 0 Å². The van der Waals surface area contributed by atoms with Gasteiger partial charge in [-0.1, -0.05) is 30.3 Å². The van der Waals surface area contributed by atoms with Crippen LogP contribution in [0.25, 0.3) is 10.8 Å². The van der Waals surface area contributed by atoms with Gasteiger partial charge in [0, 0.05) is 0 Å². The molecule has 0 amide bonds. The van der Waals surface area contributed by atoms with Crippen molar-refractivity contribution in [2.75, 3.05) is 7.05 Å². The predicted molar refractivity (Wildman–Crippen MR) is 64.9 cm³/mol. The van der Waals surface area contributed by atoms with Crippen molar-refractivity contribution in [3.8, 4) is 0 Å². The Morgan fingerprint density at radius 3 is 2.19 bits per heavy atom. The Labute approximate surface area is 95.2 Å². The third kappa shape index (κ3) is 1.81. The van der Waals surface area contributed by atoms with Crippen molar-refractivity contribution >= 4 is 20.8 Å². The zero-order valence-electron chi connectivity index (χ0n) is 9.19. The summed E-state index contributed by atoms with van der Waals surface area (Å²) in [5.41, 5.74) is 0.757. The molecule has 0 saturated heterocycles. The summed E-state index contributed by atoms with van der Waals surface area (Å²) in [5.74, 6) is 0. The molecular formula is C12H13NO2S. The summed E-state index contributed by atoms with van der Waals surface area (Å²) in [6.45, 7) is 1.80. The van der Waals surface area contributed by atoms with Gasteiger partial charge in [0.1, 0.15) is 0 Å². The lowest BCUT2D eigenvalue weighted by atomic mass is 10.1. The van der Waals surface area contributed by atoms with Crippen LogP contribution in [0.5, 0.6) is 0 Å². The third-order valence-electron chi connectivity index (χ3n) is 2.60. The Hall–Kier alpha value is -1.39. The van der Waals surface area contributed by atoms with E-state index < -0.39 is 10.0 Å². The molecule has 0 heterocycles. The summed E-state index contributed by atoms with van der Waals surface area (Å²) in [4.78, 5) is 0.341. The Morgan fingerprint density at radius 2 is 1.62 bits per heavy atom. The van der Waals surface area contributed by atoms with Gasteiger partial charge in [0.25, 0.3) is 0 Å². The van der Waals surface area contributed by atoms with E-state index in [-0.39, 0.29) is 0 Å². The first-order chi connectivity index (χ1) is 7.54. The fourth-order valence-corrected chi connectivity index (χ4v) is 2.72. The highest BCUT2D eigenvalue weighted by Crippen LogP contribution is 2.22. The van der Waals surface area contributed by atoms with Gasteiger partial charge < -0.3 is 0 Å². The second-order valence-corrected chi connectivity index (χ2v) is 5.53. The van der Waals surface area contributed by atoms with Crippen LogP contribution in [0.2, 0.25) is 0 Å². The molecule has 0 radical (unpaired) electrons. The van der Waals surface area contributed by atoms with Crippen molar-refractivity contribution in [1.29, 1.82) is 0 Å². The Balaban J connectivity index is 2.78. The van der Waals surface area contributed by atoms with Gasteiger partial charge in [-0.3, -0.25) is 0 Å². The molecule has 0 spiro atoms. The Bertz CT molecular complexity index is 633. The first-order valence-electron chi connectivity index (χ1n) is 4.97. The smallest absolute Gasteiger partial charge is 0.214 e. The highest BCUT2D eigenvalue weighted by Gasteiger charge is 2.14. The van der Waals surface area contributed by atoms with Crippen molar-refractivity contribution in [2.45, 2.75) is 11.8 Å². The molecule has 3 nitrogen and oxygen atoms in total. The maximum atomic E-state index is 11.8. The standard InChI is InChI=1S/C12H13NO2S/c1-9-7-10-5-3-4-6-11(10)8-12(9)16(14,15)13-2/h3-8,13H,1-2H3. The van der Waals surface area contributed by atoms with Crippen molar-refractivity contribution in [2.24, 2.45) is 0 Å². The number of hydrogen-bond acceptors (Lipinski definition) is 2. The number of benzene rings is 2. The van der Waals surface area contributed by atoms with E-state index in [1.165, 1.54) is 7.05 Å². The molecule has 2 aromatic rings. The van der Waals surface area contributed by atoms with Crippen LogP contribution in [0.4, 0.5) is 0 Å². The van der Waals surface area contributed by atoms with E-state index in [1.807, 2.05) is 30.3 Å². The number of hydrogen-bond donors (Lipinski definition) is 1. The maximum absolute atomic E-state index is 11.8. The van der Waals surface area contributed by atoms with Crippen LogP contribution < -0.4 is 4.72 Å². The van der Waals surface area contributed by atoms with Crippen LogP contribution in [-0.2, 0) is 10.0 Å². The van der Waals surface area contributed by atoms with Gasteiger partial charge in [0.2, 0.25) is 10.0 Å². The molecule has 0 aliphatic carbocycles. The van der Waals surface area contributed by atoms with Crippen LogP contribution in [0.15, 0.2) is 41.3 Å². The lowest BCUT2D eigenvalue weighted by Crippen LogP contribution is -2.19. The maximum Gasteiger partial charge on any atom is 0.240 e. The number of fused-ring (bicyclic) bond motifs is 1. The second kappa shape index (κ2) is 3.88. The SMILES string of the molecule is CNS(=O)(=O)c1cc2ccccc2cc1C. The molecule has 0 aliphatic heterocycles. The highest BCUT2D eigenvalue weighted by molar-refractivity contribution is 7.89. The summed E-state index contributed by atoms with van der Waals surface area (Å²) >= 11 is 0. The van der Waals surface area contributed by atoms with E-state index in [9.17, 15) is 8.42 Å². The van der Waals surface area contributed by atoms with Gasteiger partial charge in [0.05, 0.1) is 4.90 Å². The highest BCUT2D eigenvalue weighted by atomic mass is 32.2. The quantitative estimate of drug-likeness (QED) is 0.866. The normalized spacial score (nSPS) is 11.9. The van der Waals surface area contributed by atoms with Gasteiger partial charge in [-0.2, -0.15) is 0 Å². The van der Waals surface area contributed by atoms with E-state index in [4.69, 9.17) is 0 Å². The number of aryl methyl sites for hydroxylation is 1. The minimum absolute atomic E-state index is 0.341.